The summed E-state index contributed by atoms with van der Waals surface area (Å²) in [5.41, 5.74) is 0.450. The Kier molecular flexibility index (Phi) is 3.85. The quantitative estimate of drug-likeness (QED) is 0.627. The van der Waals surface area contributed by atoms with E-state index in [2.05, 4.69) is 5.10 Å². The van der Waals surface area contributed by atoms with Gasteiger partial charge in [-0.3, -0.25) is 9.48 Å². The van der Waals surface area contributed by atoms with Crippen LogP contribution in [0.15, 0.2) is 36.7 Å². The van der Waals surface area contributed by atoms with Crippen molar-refractivity contribution in [2.24, 2.45) is 0 Å². The lowest BCUT2D eigenvalue weighted by atomic mass is 10.1. The first-order chi connectivity index (χ1) is 9.10. The fourth-order valence-electron chi connectivity index (χ4n) is 1.57. The Morgan fingerprint density at radius 2 is 2.21 bits per heavy atom. The minimum Gasteiger partial charge on any atom is -0.289 e. The van der Waals surface area contributed by atoms with Gasteiger partial charge in [0.05, 0.1) is 11.8 Å². The highest BCUT2D eigenvalue weighted by molar-refractivity contribution is 6.06. The molecule has 5 heteroatoms. The Labute approximate surface area is 109 Å². The Bertz CT molecular complexity index is 632. The number of aryl methyl sites for hydroxylation is 1. The third-order valence-corrected chi connectivity index (χ3v) is 2.61. The molecule has 0 saturated carbocycles. The Balaban J connectivity index is 2.18. The maximum absolute atomic E-state index is 13.3. The number of halogens is 2. The van der Waals surface area contributed by atoms with Gasteiger partial charge < -0.3 is 0 Å². The van der Waals surface area contributed by atoms with Crippen LogP contribution < -0.4 is 0 Å². The number of carbonyl (C=O) groups is 1. The van der Waals surface area contributed by atoms with Crippen LogP contribution in [0, 0.1) is 11.6 Å². The summed E-state index contributed by atoms with van der Waals surface area (Å²) in [7, 11) is 0. The van der Waals surface area contributed by atoms with Gasteiger partial charge in [-0.25, -0.2) is 8.78 Å². The number of hydrogen-bond donors (Lipinski definition) is 0. The van der Waals surface area contributed by atoms with Crippen molar-refractivity contribution >= 4 is 11.9 Å². The summed E-state index contributed by atoms with van der Waals surface area (Å²) in [5.74, 6) is -1.43. The first-order valence-electron chi connectivity index (χ1n) is 5.80. The molecule has 1 heterocycles. The smallest absolute Gasteiger partial charge is 0.189 e. The van der Waals surface area contributed by atoms with Gasteiger partial charge in [0, 0.05) is 18.3 Å². The van der Waals surface area contributed by atoms with Crippen molar-refractivity contribution in [2.45, 2.75) is 13.5 Å². The summed E-state index contributed by atoms with van der Waals surface area (Å²) < 4.78 is 27.9. The maximum atomic E-state index is 13.3. The highest BCUT2D eigenvalue weighted by Crippen LogP contribution is 2.12. The number of ketones is 1. The van der Waals surface area contributed by atoms with E-state index in [0.29, 0.717) is 12.1 Å². The van der Waals surface area contributed by atoms with Gasteiger partial charge in [0.2, 0.25) is 0 Å². The van der Waals surface area contributed by atoms with Gasteiger partial charge in [0.1, 0.15) is 11.6 Å². The fourth-order valence-corrected chi connectivity index (χ4v) is 1.57. The van der Waals surface area contributed by atoms with E-state index in [4.69, 9.17) is 0 Å². The lowest BCUT2D eigenvalue weighted by molar-refractivity contribution is 0.104. The molecule has 0 saturated heterocycles. The Morgan fingerprint density at radius 1 is 1.42 bits per heavy atom. The van der Waals surface area contributed by atoms with Crippen LogP contribution in [0.25, 0.3) is 6.08 Å². The highest BCUT2D eigenvalue weighted by atomic mass is 19.1. The molecule has 0 fully saturated rings. The van der Waals surface area contributed by atoms with Gasteiger partial charge in [-0.1, -0.05) is 0 Å². The second-order valence-corrected chi connectivity index (χ2v) is 3.95. The zero-order chi connectivity index (χ0) is 13.8. The van der Waals surface area contributed by atoms with E-state index >= 15 is 0 Å². The predicted octanol–water partition coefficient (Wildman–Crippen LogP) is 3.08. The number of aromatic nitrogens is 2. The molecule has 0 radical (unpaired) electrons. The average molecular weight is 262 g/mol. The molecule has 0 amide bonds. The molecule has 0 atom stereocenters. The van der Waals surface area contributed by atoms with E-state index in [1.54, 1.807) is 10.9 Å². The summed E-state index contributed by atoms with van der Waals surface area (Å²) in [6, 6.07) is 3.09. The molecule has 0 aliphatic heterocycles. The Hall–Kier alpha value is -2.30. The fraction of sp³-hybridized carbons (Fsp3) is 0.143. The Morgan fingerprint density at radius 3 is 2.89 bits per heavy atom. The molecule has 0 N–H and O–H groups in total. The lowest BCUT2D eigenvalue weighted by Gasteiger charge is -1.96. The van der Waals surface area contributed by atoms with Crippen LogP contribution in [0.5, 0.6) is 0 Å². The topological polar surface area (TPSA) is 34.9 Å². The normalized spacial score (nSPS) is 11.1. The maximum Gasteiger partial charge on any atom is 0.189 e. The molecule has 98 valence electrons. The van der Waals surface area contributed by atoms with E-state index < -0.39 is 11.6 Å². The van der Waals surface area contributed by atoms with Crippen molar-refractivity contribution < 1.29 is 13.6 Å². The standard InChI is InChI=1S/C14H12F2N2O/c1-2-18-9-11(8-17-18)14(19)6-3-10-7-12(15)4-5-13(10)16/h3-9H,2H2,1H3/b6-3+. The molecule has 0 aliphatic rings. The molecule has 1 aromatic heterocycles. The van der Waals surface area contributed by atoms with Crippen LogP contribution in [-0.4, -0.2) is 15.6 Å². The summed E-state index contributed by atoms with van der Waals surface area (Å²) in [6.45, 7) is 2.56. The number of carbonyl (C=O) groups excluding carboxylic acids is 1. The largest absolute Gasteiger partial charge is 0.289 e. The van der Waals surface area contributed by atoms with E-state index in [-0.39, 0.29) is 11.3 Å². The van der Waals surface area contributed by atoms with Crippen LogP contribution in [0.4, 0.5) is 8.78 Å². The van der Waals surface area contributed by atoms with E-state index in [0.717, 1.165) is 18.2 Å². The molecule has 0 bridgehead atoms. The molecule has 0 spiro atoms. The average Bonchev–Trinajstić information content (AvgIpc) is 2.88. The summed E-state index contributed by atoms with van der Waals surface area (Å²) >= 11 is 0. The van der Waals surface area contributed by atoms with Crippen LogP contribution in [0.1, 0.15) is 22.8 Å². The van der Waals surface area contributed by atoms with Gasteiger partial charge in [0.25, 0.3) is 0 Å². The summed E-state index contributed by atoms with van der Waals surface area (Å²) in [6.07, 6.45) is 5.51. The number of benzene rings is 1. The molecular formula is C14H12F2N2O. The summed E-state index contributed by atoms with van der Waals surface area (Å²) in [4.78, 5) is 11.8. The minimum absolute atomic E-state index is 0.0382. The van der Waals surface area contributed by atoms with Gasteiger partial charge in [-0.2, -0.15) is 5.10 Å². The SMILES string of the molecule is CCn1cc(C(=O)/C=C/c2cc(F)ccc2F)cn1. The molecule has 3 nitrogen and oxygen atoms in total. The lowest BCUT2D eigenvalue weighted by Crippen LogP contribution is -1.94. The molecule has 1 aromatic carbocycles. The number of nitrogens with zero attached hydrogens (tertiary/aromatic N) is 2. The van der Waals surface area contributed by atoms with Crippen molar-refractivity contribution in [3.8, 4) is 0 Å². The molecule has 2 aromatic rings. The van der Waals surface area contributed by atoms with Crippen LogP contribution in [0.3, 0.4) is 0 Å². The first-order valence-corrected chi connectivity index (χ1v) is 5.80. The van der Waals surface area contributed by atoms with Gasteiger partial charge in [-0.05, 0) is 37.3 Å². The van der Waals surface area contributed by atoms with Crippen molar-refractivity contribution in [1.29, 1.82) is 0 Å². The van der Waals surface area contributed by atoms with Gasteiger partial charge in [-0.15, -0.1) is 0 Å². The monoisotopic (exact) mass is 262 g/mol. The van der Waals surface area contributed by atoms with E-state index in [1.807, 2.05) is 6.92 Å². The summed E-state index contributed by atoms with van der Waals surface area (Å²) in [5, 5.41) is 3.97. The minimum atomic E-state index is -0.574. The third kappa shape index (κ3) is 3.13. The van der Waals surface area contributed by atoms with Gasteiger partial charge >= 0.3 is 0 Å². The number of rotatable bonds is 4. The molecule has 0 aliphatic carbocycles. The molecule has 0 unspecified atom stereocenters. The number of allylic oxidation sites excluding steroid dienone is 1. The van der Waals surface area contributed by atoms with Crippen LogP contribution in [0.2, 0.25) is 0 Å². The second-order valence-electron chi connectivity index (χ2n) is 3.95. The zero-order valence-corrected chi connectivity index (χ0v) is 10.3. The van der Waals surface area contributed by atoms with Crippen molar-refractivity contribution in [2.75, 3.05) is 0 Å². The first kappa shape index (κ1) is 13.1. The second kappa shape index (κ2) is 5.56. The van der Waals surface area contributed by atoms with Crippen molar-refractivity contribution in [3.05, 3.63) is 59.4 Å². The third-order valence-electron chi connectivity index (χ3n) is 2.61. The van der Waals surface area contributed by atoms with Crippen molar-refractivity contribution in [3.63, 3.8) is 0 Å². The van der Waals surface area contributed by atoms with E-state index in [1.165, 1.54) is 18.3 Å². The van der Waals surface area contributed by atoms with Gasteiger partial charge in [0.15, 0.2) is 5.78 Å². The predicted molar refractivity (Wildman–Crippen MR) is 67.6 cm³/mol. The van der Waals surface area contributed by atoms with Crippen LogP contribution in [-0.2, 0) is 6.54 Å². The van der Waals surface area contributed by atoms with Crippen LogP contribution >= 0.6 is 0 Å². The number of hydrogen-bond acceptors (Lipinski definition) is 2. The zero-order valence-electron chi connectivity index (χ0n) is 10.3. The van der Waals surface area contributed by atoms with E-state index in [9.17, 15) is 13.6 Å². The van der Waals surface area contributed by atoms with Crippen molar-refractivity contribution in [1.82, 2.24) is 9.78 Å². The molecular weight excluding hydrogens is 250 g/mol. The highest BCUT2D eigenvalue weighted by Gasteiger charge is 2.06. The molecule has 19 heavy (non-hydrogen) atoms. The molecule has 2 rings (SSSR count).